The maximum atomic E-state index is 12.0. The van der Waals surface area contributed by atoms with E-state index in [1.165, 1.54) is 90.0 Å². The summed E-state index contributed by atoms with van der Waals surface area (Å²) in [5, 5.41) is 2.51. The van der Waals surface area contributed by atoms with Gasteiger partial charge < -0.3 is 19.3 Å². The number of fused-ring (bicyclic) bond motifs is 9. The molecule has 0 atom stereocenters. The van der Waals surface area contributed by atoms with E-state index in [9.17, 15) is 9.59 Å². The van der Waals surface area contributed by atoms with Crippen LogP contribution in [-0.2, 0) is 42.7 Å². The Balaban J connectivity index is 0.791. The Morgan fingerprint density at radius 2 is 0.704 bits per heavy atom. The van der Waals surface area contributed by atoms with Crippen molar-refractivity contribution in [2.45, 2.75) is 64.2 Å². The molecule has 0 unspecified atom stereocenters. The smallest absolute Gasteiger partial charge is 0.305 e. The maximum Gasteiger partial charge on any atom is 0.305 e. The molecule has 7 heteroatoms. The van der Waals surface area contributed by atoms with Gasteiger partial charge in [-0.05, 0) is 176 Å². The van der Waals surface area contributed by atoms with Gasteiger partial charge >= 0.3 is 11.9 Å². The van der Waals surface area contributed by atoms with E-state index in [0.717, 1.165) is 56.4 Å². The molecule has 0 fully saturated rings. The number of esters is 2. The van der Waals surface area contributed by atoms with Gasteiger partial charge in [0.25, 0.3) is 0 Å². The van der Waals surface area contributed by atoms with Crippen LogP contribution in [-0.4, -0.2) is 26.2 Å². The predicted octanol–water partition coefficient (Wildman–Crippen LogP) is 19.2. The van der Waals surface area contributed by atoms with Gasteiger partial charge in [-0.25, -0.2) is 0 Å². The predicted molar refractivity (Wildman–Crippen MR) is 335 cm³/mol. The molecule has 81 heavy (non-hydrogen) atoms. The molecule has 0 radical (unpaired) electrons. The van der Waals surface area contributed by atoms with Crippen LogP contribution in [0.3, 0.4) is 0 Å². The Hall–Kier alpha value is -9.04. The summed E-state index contributed by atoms with van der Waals surface area (Å²) >= 11 is 1.84. The number of benzene rings is 10. The molecule has 398 valence electrons. The number of carbonyl (C=O) groups is 2. The van der Waals surface area contributed by atoms with Crippen molar-refractivity contribution in [3.05, 3.63) is 252 Å². The maximum absolute atomic E-state index is 12.0. The SMILES string of the molecule is COC(=O)CCc1ccc(N(c2ccc(-c3ccc4c(c3)sc3cc(-c5ccc(N(c6ccc(CCC(=O)OC)cc6)c6ccc7c(c6)C(C)(C)c6ccccc6-7)cc5)ccc34)cc2)c2ccc3c(c2)C(C)(C)c2ccccc2-3)cc1. The first-order valence-corrected chi connectivity index (χ1v) is 28.8. The number of hydrogen-bond donors (Lipinski definition) is 0. The van der Waals surface area contributed by atoms with Gasteiger partial charge in [-0.15, -0.1) is 11.3 Å². The summed E-state index contributed by atoms with van der Waals surface area (Å²) in [6, 6.07) is 80.1. The van der Waals surface area contributed by atoms with Crippen LogP contribution in [0.25, 0.3) is 64.7 Å². The molecule has 1 aromatic heterocycles. The molecule has 10 aromatic carbocycles. The quantitative estimate of drug-likeness (QED) is 0.101. The van der Waals surface area contributed by atoms with Gasteiger partial charge in [0.15, 0.2) is 0 Å². The van der Waals surface area contributed by atoms with Crippen molar-refractivity contribution in [1.82, 2.24) is 0 Å². The summed E-state index contributed by atoms with van der Waals surface area (Å²) in [4.78, 5) is 28.7. The lowest BCUT2D eigenvalue weighted by Gasteiger charge is -2.28. The molecule has 2 aliphatic carbocycles. The van der Waals surface area contributed by atoms with E-state index in [2.05, 4.69) is 256 Å². The van der Waals surface area contributed by atoms with Gasteiger partial charge in [-0.1, -0.05) is 161 Å². The number of anilines is 6. The van der Waals surface area contributed by atoms with E-state index in [1.54, 1.807) is 0 Å². The van der Waals surface area contributed by atoms with Crippen molar-refractivity contribution in [1.29, 1.82) is 0 Å². The van der Waals surface area contributed by atoms with E-state index >= 15 is 0 Å². The van der Waals surface area contributed by atoms with Gasteiger partial charge in [0.2, 0.25) is 0 Å². The standard InChI is InChI=1S/C74H62N2O4S/c1-73(2)65-13-9-7-11-59(65)61-39-35-57(45-67(61)73)75(53-27-15-47(16-28-53)19-41-71(77)79-5)55-31-21-49(22-32-55)51-25-37-63-64-38-26-52(44-70(64)81-69(63)43-51)50-23-33-56(34-24-50)76(54-29-17-48(18-30-54)20-42-72(78)80-6)58-36-40-62-60-12-8-10-14-66(60)74(3,4)68(62)46-58/h7-18,21-40,43-46H,19-20,41-42H2,1-6H3. The first kappa shape index (κ1) is 51.4. The van der Waals surface area contributed by atoms with Crippen molar-refractivity contribution < 1.29 is 19.1 Å². The molecule has 0 saturated carbocycles. The van der Waals surface area contributed by atoms with Crippen molar-refractivity contribution in [2.75, 3.05) is 24.0 Å². The van der Waals surface area contributed by atoms with Gasteiger partial charge in [0.1, 0.15) is 0 Å². The molecule has 6 nitrogen and oxygen atoms in total. The minimum absolute atomic E-state index is 0.141. The number of aryl methyl sites for hydroxylation is 2. The zero-order valence-electron chi connectivity index (χ0n) is 46.5. The first-order valence-electron chi connectivity index (χ1n) is 27.9. The summed E-state index contributed by atoms with van der Waals surface area (Å²) in [7, 11) is 2.88. The zero-order valence-corrected chi connectivity index (χ0v) is 47.4. The van der Waals surface area contributed by atoms with Crippen LogP contribution in [0.5, 0.6) is 0 Å². The Morgan fingerprint density at radius 1 is 0.370 bits per heavy atom. The lowest BCUT2D eigenvalue weighted by molar-refractivity contribution is -0.141. The van der Waals surface area contributed by atoms with Crippen LogP contribution in [0.15, 0.2) is 218 Å². The van der Waals surface area contributed by atoms with Crippen molar-refractivity contribution in [2.24, 2.45) is 0 Å². The van der Waals surface area contributed by atoms with Gasteiger partial charge in [-0.2, -0.15) is 0 Å². The van der Waals surface area contributed by atoms with E-state index in [0.29, 0.717) is 25.7 Å². The van der Waals surface area contributed by atoms with E-state index in [1.807, 2.05) is 11.3 Å². The fourth-order valence-electron chi connectivity index (χ4n) is 12.6. The third-order valence-corrected chi connectivity index (χ3v) is 18.2. The second kappa shape index (κ2) is 20.6. The summed E-state index contributed by atoms with van der Waals surface area (Å²) in [5.41, 5.74) is 23.5. The number of thiophene rings is 1. The lowest BCUT2D eigenvalue weighted by atomic mass is 9.82. The molecule has 0 saturated heterocycles. The average molecular weight is 1080 g/mol. The summed E-state index contributed by atoms with van der Waals surface area (Å²) < 4.78 is 12.4. The third-order valence-electron chi connectivity index (χ3n) is 17.1. The Labute approximate surface area is 478 Å². The van der Waals surface area contributed by atoms with Gasteiger partial charge in [0.05, 0.1) is 14.2 Å². The van der Waals surface area contributed by atoms with Crippen LogP contribution in [0.2, 0.25) is 0 Å². The van der Waals surface area contributed by atoms with Crippen molar-refractivity contribution in [3.8, 4) is 44.5 Å². The summed E-state index contributed by atoms with van der Waals surface area (Å²) in [6.45, 7) is 9.30. The van der Waals surface area contributed by atoms with Crippen LogP contribution in [0.4, 0.5) is 34.1 Å². The van der Waals surface area contributed by atoms with E-state index in [4.69, 9.17) is 9.47 Å². The molecular formula is C74H62N2O4S. The molecule has 11 aromatic rings. The van der Waals surface area contributed by atoms with Crippen LogP contribution >= 0.6 is 11.3 Å². The minimum Gasteiger partial charge on any atom is -0.469 e. The topological polar surface area (TPSA) is 59.1 Å². The highest BCUT2D eigenvalue weighted by molar-refractivity contribution is 7.25. The second-order valence-corrected chi connectivity index (χ2v) is 23.7. The fraction of sp³-hybridized carbons (Fsp3) is 0.162. The molecule has 2 aliphatic rings. The summed E-state index contributed by atoms with van der Waals surface area (Å²) in [6.07, 6.45) is 1.94. The monoisotopic (exact) mass is 1070 g/mol. The largest absolute Gasteiger partial charge is 0.469 e. The van der Waals surface area contributed by atoms with E-state index in [-0.39, 0.29) is 22.8 Å². The highest BCUT2D eigenvalue weighted by atomic mass is 32.1. The lowest BCUT2D eigenvalue weighted by Crippen LogP contribution is -2.16. The van der Waals surface area contributed by atoms with Gasteiger partial charge in [-0.3, -0.25) is 9.59 Å². The number of methoxy groups -OCH3 is 2. The van der Waals surface area contributed by atoms with Crippen LogP contribution in [0, 0.1) is 0 Å². The molecule has 13 rings (SSSR count). The molecule has 0 amide bonds. The Morgan fingerprint density at radius 3 is 1.09 bits per heavy atom. The van der Waals surface area contributed by atoms with Crippen LogP contribution < -0.4 is 9.80 Å². The zero-order chi connectivity index (χ0) is 55.6. The average Bonchev–Trinajstić information content (AvgIpc) is 3.91. The first-order chi connectivity index (χ1) is 39.4. The number of nitrogens with zero attached hydrogens (tertiary/aromatic N) is 2. The molecule has 0 spiro atoms. The Kier molecular flexibility index (Phi) is 13.0. The molecule has 0 N–H and O–H groups in total. The highest BCUT2D eigenvalue weighted by Gasteiger charge is 2.37. The van der Waals surface area contributed by atoms with Crippen LogP contribution in [0.1, 0.15) is 73.9 Å². The van der Waals surface area contributed by atoms with E-state index < -0.39 is 0 Å². The van der Waals surface area contributed by atoms with Crippen molar-refractivity contribution >= 4 is 77.6 Å². The minimum atomic E-state index is -0.205. The molecule has 0 aliphatic heterocycles. The Bertz CT molecular complexity index is 3960. The third kappa shape index (κ3) is 9.25. The number of ether oxygens (including phenoxy) is 2. The number of carbonyl (C=O) groups excluding carboxylic acids is 2. The molecular weight excluding hydrogens is 1010 g/mol. The van der Waals surface area contributed by atoms with Gasteiger partial charge in [0, 0.05) is 78.0 Å². The number of rotatable bonds is 14. The van der Waals surface area contributed by atoms with Crippen molar-refractivity contribution in [3.63, 3.8) is 0 Å². The fourth-order valence-corrected chi connectivity index (χ4v) is 13.8. The second-order valence-electron chi connectivity index (χ2n) is 22.6. The molecule has 1 heterocycles. The number of hydrogen-bond acceptors (Lipinski definition) is 7. The molecule has 0 bridgehead atoms. The highest BCUT2D eigenvalue weighted by Crippen LogP contribution is 2.53. The normalized spacial score (nSPS) is 13.3. The summed E-state index contributed by atoms with van der Waals surface area (Å²) in [5.74, 6) is -0.410.